The van der Waals surface area contributed by atoms with Crippen LogP contribution in [0.25, 0.3) is 0 Å². The first-order valence-electron chi connectivity index (χ1n) is 6.38. The first kappa shape index (κ1) is 14.5. The van der Waals surface area contributed by atoms with Crippen LogP contribution in [0.15, 0.2) is 28.9 Å². The second-order valence-electron chi connectivity index (χ2n) is 4.46. The molecule has 3 nitrogen and oxygen atoms in total. The minimum absolute atomic E-state index is 0.0642. The van der Waals surface area contributed by atoms with Crippen LogP contribution in [0.5, 0.6) is 5.75 Å². The SMILES string of the molecule is CCNC(c1occc1C)c1c(F)cc(OC)cc1F. The van der Waals surface area contributed by atoms with Gasteiger partial charge in [0.25, 0.3) is 0 Å². The van der Waals surface area contributed by atoms with E-state index >= 15 is 0 Å². The van der Waals surface area contributed by atoms with Gasteiger partial charge in [-0.25, -0.2) is 8.78 Å². The second kappa shape index (κ2) is 6.05. The summed E-state index contributed by atoms with van der Waals surface area (Å²) in [5, 5.41) is 3.05. The Morgan fingerprint density at radius 2 is 1.95 bits per heavy atom. The van der Waals surface area contributed by atoms with Gasteiger partial charge in [0.1, 0.15) is 23.1 Å². The molecule has 0 aliphatic heterocycles. The standard InChI is InChI=1S/C15H17F2NO2/c1-4-18-14(15-9(2)5-6-20-15)13-11(16)7-10(19-3)8-12(13)17/h5-8,14,18H,4H2,1-3H3. The van der Waals surface area contributed by atoms with Crippen molar-refractivity contribution in [3.63, 3.8) is 0 Å². The number of halogens is 2. The predicted octanol–water partition coefficient (Wildman–Crippen LogP) is 3.57. The van der Waals surface area contributed by atoms with Gasteiger partial charge in [-0.1, -0.05) is 6.92 Å². The molecule has 2 rings (SSSR count). The third kappa shape index (κ3) is 2.67. The van der Waals surface area contributed by atoms with Crippen molar-refractivity contribution >= 4 is 0 Å². The van der Waals surface area contributed by atoms with Crippen LogP contribution in [-0.2, 0) is 0 Å². The molecular weight excluding hydrogens is 264 g/mol. The molecule has 108 valence electrons. The Hall–Kier alpha value is -1.88. The summed E-state index contributed by atoms with van der Waals surface area (Å²) in [6.07, 6.45) is 1.51. The zero-order chi connectivity index (χ0) is 14.7. The molecule has 0 bridgehead atoms. The summed E-state index contributed by atoms with van der Waals surface area (Å²) in [7, 11) is 1.37. The van der Waals surface area contributed by atoms with E-state index in [0.717, 1.165) is 5.56 Å². The van der Waals surface area contributed by atoms with Crippen molar-refractivity contribution in [2.75, 3.05) is 13.7 Å². The van der Waals surface area contributed by atoms with E-state index in [4.69, 9.17) is 9.15 Å². The molecule has 0 amide bonds. The molecule has 1 atom stereocenters. The molecule has 1 unspecified atom stereocenters. The van der Waals surface area contributed by atoms with Gasteiger partial charge in [-0.3, -0.25) is 0 Å². The van der Waals surface area contributed by atoms with Crippen molar-refractivity contribution in [3.8, 4) is 5.75 Å². The normalized spacial score (nSPS) is 12.4. The molecular formula is C15H17F2NO2. The number of hydrogen-bond donors (Lipinski definition) is 1. The number of furan rings is 1. The fraction of sp³-hybridized carbons (Fsp3) is 0.333. The lowest BCUT2D eigenvalue weighted by Gasteiger charge is -2.19. The first-order valence-corrected chi connectivity index (χ1v) is 6.38. The average Bonchev–Trinajstić information content (AvgIpc) is 2.82. The van der Waals surface area contributed by atoms with Crippen LogP contribution in [-0.4, -0.2) is 13.7 Å². The van der Waals surface area contributed by atoms with E-state index in [-0.39, 0.29) is 11.3 Å². The quantitative estimate of drug-likeness (QED) is 0.909. The summed E-state index contributed by atoms with van der Waals surface area (Å²) in [5.74, 6) is -0.669. The van der Waals surface area contributed by atoms with Gasteiger partial charge in [-0.2, -0.15) is 0 Å². The number of aryl methyl sites for hydroxylation is 1. The third-order valence-corrected chi connectivity index (χ3v) is 3.15. The molecule has 5 heteroatoms. The highest BCUT2D eigenvalue weighted by molar-refractivity contribution is 5.37. The van der Waals surface area contributed by atoms with Crippen molar-refractivity contribution in [2.45, 2.75) is 19.9 Å². The largest absolute Gasteiger partial charge is 0.497 e. The van der Waals surface area contributed by atoms with E-state index in [1.807, 2.05) is 13.8 Å². The molecule has 0 aliphatic carbocycles. The maximum Gasteiger partial charge on any atom is 0.135 e. The number of methoxy groups -OCH3 is 1. The summed E-state index contributed by atoms with van der Waals surface area (Å²) in [4.78, 5) is 0. The average molecular weight is 281 g/mol. The molecule has 1 N–H and O–H groups in total. The van der Waals surface area contributed by atoms with Crippen molar-refractivity contribution in [2.24, 2.45) is 0 Å². The number of rotatable bonds is 5. The summed E-state index contributed by atoms with van der Waals surface area (Å²) >= 11 is 0. The third-order valence-electron chi connectivity index (χ3n) is 3.15. The lowest BCUT2D eigenvalue weighted by molar-refractivity contribution is 0.396. The summed E-state index contributed by atoms with van der Waals surface area (Å²) in [6.45, 7) is 4.25. The predicted molar refractivity (Wildman–Crippen MR) is 71.9 cm³/mol. The van der Waals surface area contributed by atoms with E-state index in [2.05, 4.69) is 5.32 Å². The summed E-state index contributed by atoms with van der Waals surface area (Å²) < 4.78 is 38.6. The molecule has 0 aliphatic rings. The molecule has 0 radical (unpaired) electrons. The highest BCUT2D eigenvalue weighted by Crippen LogP contribution is 2.31. The second-order valence-corrected chi connectivity index (χ2v) is 4.46. The maximum absolute atomic E-state index is 14.2. The van der Waals surface area contributed by atoms with Crippen LogP contribution in [0.2, 0.25) is 0 Å². The number of hydrogen-bond acceptors (Lipinski definition) is 3. The first-order chi connectivity index (χ1) is 9.58. The van der Waals surface area contributed by atoms with Crippen LogP contribution in [0, 0.1) is 18.6 Å². The Bertz CT molecular complexity index is 572. The highest BCUT2D eigenvalue weighted by atomic mass is 19.1. The maximum atomic E-state index is 14.2. The van der Waals surface area contributed by atoms with Crippen molar-refractivity contribution in [3.05, 3.63) is 53.0 Å². The lowest BCUT2D eigenvalue weighted by Crippen LogP contribution is -2.24. The number of benzene rings is 1. The van der Waals surface area contributed by atoms with Crippen LogP contribution < -0.4 is 10.1 Å². The van der Waals surface area contributed by atoms with E-state index in [1.165, 1.54) is 25.5 Å². The van der Waals surface area contributed by atoms with Gasteiger partial charge in [0.15, 0.2) is 0 Å². The van der Waals surface area contributed by atoms with Crippen LogP contribution in [0.4, 0.5) is 8.78 Å². The van der Waals surface area contributed by atoms with Gasteiger partial charge in [0, 0.05) is 17.7 Å². The van der Waals surface area contributed by atoms with Crippen LogP contribution >= 0.6 is 0 Å². The van der Waals surface area contributed by atoms with Crippen molar-refractivity contribution in [1.82, 2.24) is 5.32 Å². The summed E-state index contributed by atoms with van der Waals surface area (Å²) in [6, 6.07) is 3.43. The molecule has 2 aromatic rings. The van der Waals surface area contributed by atoms with Crippen LogP contribution in [0.1, 0.15) is 29.9 Å². The van der Waals surface area contributed by atoms with E-state index in [0.29, 0.717) is 12.3 Å². The molecule has 1 aromatic heterocycles. The zero-order valence-corrected chi connectivity index (χ0v) is 11.7. The molecule has 1 aromatic carbocycles. The molecule has 0 fully saturated rings. The van der Waals surface area contributed by atoms with Crippen molar-refractivity contribution in [1.29, 1.82) is 0 Å². The van der Waals surface area contributed by atoms with Crippen molar-refractivity contribution < 1.29 is 17.9 Å². The number of ether oxygens (including phenoxy) is 1. The topological polar surface area (TPSA) is 34.4 Å². The molecule has 0 saturated heterocycles. The van der Waals surface area contributed by atoms with Gasteiger partial charge < -0.3 is 14.5 Å². The van der Waals surface area contributed by atoms with Gasteiger partial charge in [-0.05, 0) is 25.1 Å². The Morgan fingerprint density at radius 1 is 1.30 bits per heavy atom. The van der Waals surface area contributed by atoms with Gasteiger partial charge in [0.2, 0.25) is 0 Å². The monoisotopic (exact) mass is 281 g/mol. The van der Waals surface area contributed by atoms with Gasteiger partial charge in [0.05, 0.1) is 19.4 Å². The lowest BCUT2D eigenvalue weighted by atomic mass is 10.0. The Morgan fingerprint density at radius 3 is 2.40 bits per heavy atom. The van der Waals surface area contributed by atoms with E-state index < -0.39 is 17.7 Å². The summed E-state index contributed by atoms with van der Waals surface area (Å²) in [5.41, 5.74) is 0.774. The smallest absolute Gasteiger partial charge is 0.135 e. The van der Waals surface area contributed by atoms with Gasteiger partial charge in [-0.15, -0.1) is 0 Å². The Kier molecular flexibility index (Phi) is 4.39. The van der Waals surface area contributed by atoms with Gasteiger partial charge >= 0.3 is 0 Å². The number of nitrogens with one attached hydrogen (secondary N) is 1. The van der Waals surface area contributed by atoms with Crippen LogP contribution in [0.3, 0.4) is 0 Å². The zero-order valence-electron chi connectivity index (χ0n) is 11.7. The molecule has 20 heavy (non-hydrogen) atoms. The van der Waals surface area contributed by atoms with E-state index in [9.17, 15) is 8.78 Å². The minimum atomic E-state index is -0.666. The molecule has 1 heterocycles. The van der Waals surface area contributed by atoms with E-state index in [1.54, 1.807) is 6.07 Å². The Labute approximate surface area is 116 Å². The highest BCUT2D eigenvalue weighted by Gasteiger charge is 2.26. The molecule has 0 saturated carbocycles. The molecule has 0 spiro atoms. The fourth-order valence-corrected chi connectivity index (χ4v) is 2.16. The fourth-order valence-electron chi connectivity index (χ4n) is 2.16. The minimum Gasteiger partial charge on any atom is -0.497 e. The Balaban J connectivity index is 2.53.